The van der Waals surface area contributed by atoms with Crippen LogP contribution in [0, 0.1) is 5.92 Å². The van der Waals surface area contributed by atoms with Gasteiger partial charge in [0, 0.05) is 6.54 Å². The van der Waals surface area contributed by atoms with Crippen molar-refractivity contribution in [1.29, 1.82) is 0 Å². The fourth-order valence-corrected chi connectivity index (χ4v) is 6.36. The normalized spacial score (nSPS) is 28.0. The van der Waals surface area contributed by atoms with Gasteiger partial charge in [0.15, 0.2) is 23.2 Å². The summed E-state index contributed by atoms with van der Waals surface area (Å²) >= 11 is 0. The maximum atomic E-state index is 13.5. The van der Waals surface area contributed by atoms with Crippen LogP contribution in [0.4, 0.5) is 0 Å². The Kier molecular flexibility index (Phi) is 6.41. The lowest BCUT2D eigenvalue weighted by atomic mass is 9.77. The Morgan fingerprint density at radius 3 is 2.69 bits per heavy atom. The van der Waals surface area contributed by atoms with Gasteiger partial charge in [-0.05, 0) is 73.9 Å². The maximum absolute atomic E-state index is 13.5. The molecule has 4 aliphatic rings. The van der Waals surface area contributed by atoms with E-state index in [4.69, 9.17) is 18.9 Å². The van der Waals surface area contributed by atoms with E-state index in [9.17, 15) is 19.8 Å². The number of carboxylic acids is 1. The van der Waals surface area contributed by atoms with Crippen LogP contribution in [-0.2, 0) is 25.5 Å². The third kappa shape index (κ3) is 4.12. The van der Waals surface area contributed by atoms with Crippen molar-refractivity contribution in [3.8, 4) is 11.5 Å². The summed E-state index contributed by atoms with van der Waals surface area (Å²) in [6, 6.07) is 4.00. The fourth-order valence-electron chi connectivity index (χ4n) is 6.36. The Balaban J connectivity index is 1.54. The van der Waals surface area contributed by atoms with Gasteiger partial charge in [-0.25, -0.2) is 4.79 Å². The van der Waals surface area contributed by atoms with Gasteiger partial charge in [-0.2, -0.15) is 0 Å². The molecule has 0 unspecified atom stereocenters. The molecule has 1 saturated heterocycles. The molecule has 196 valence electrons. The average molecular weight is 502 g/mol. The molecular weight excluding hydrogens is 466 g/mol. The first-order valence-electron chi connectivity index (χ1n) is 12.8. The van der Waals surface area contributed by atoms with E-state index in [0.717, 1.165) is 43.5 Å². The number of carbonyl (C=O) groups excluding carboxylic acids is 1. The van der Waals surface area contributed by atoms with Gasteiger partial charge in [0.25, 0.3) is 0 Å². The summed E-state index contributed by atoms with van der Waals surface area (Å²) in [4.78, 5) is 27.5. The lowest BCUT2D eigenvalue weighted by Crippen LogP contribution is -2.49. The number of esters is 1. The minimum absolute atomic E-state index is 0.00571. The van der Waals surface area contributed by atoms with Crippen LogP contribution in [0.25, 0.3) is 0 Å². The summed E-state index contributed by atoms with van der Waals surface area (Å²) in [7, 11) is 1.55. The molecule has 9 heteroatoms. The minimum atomic E-state index is -2.12. The van der Waals surface area contributed by atoms with Gasteiger partial charge in [-0.1, -0.05) is 13.8 Å². The standard InChI is InChI=1S/C27H35NO8/c1-16(2)5-8-27(32,14-22(29)30)25(31)36-24-21(33-3)13-26-7-4-9-28(26)10-6-17-11-19-20(35-15-34-19)12-18(17)23(24)26/h11-13,16,23-24,32H,4-10,14-15H2,1-3H3,(H,29,30)/t23-,24-,26+,27-/m1/s1. The quantitative estimate of drug-likeness (QED) is 0.519. The number of carbonyl (C=O) groups is 2. The second kappa shape index (κ2) is 9.27. The van der Waals surface area contributed by atoms with Crippen LogP contribution in [0.2, 0.25) is 0 Å². The zero-order valence-corrected chi connectivity index (χ0v) is 21.1. The number of fused-ring (bicyclic) bond motifs is 3. The second-order valence-corrected chi connectivity index (χ2v) is 10.8. The molecule has 1 aromatic carbocycles. The molecular formula is C27H35NO8. The number of ether oxygens (including phenoxy) is 4. The summed E-state index contributed by atoms with van der Waals surface area (Å²) in [5.41, 5.74) is -0.417. The summed E-state index contributed by atoms with van der Waals surface area (Å²) in [6.07, 6.45) is 3.75. The number of hydrogen-bond acceptors (Lipinski definition) is 8. The highest BCUT2D eigenvalue weighted by Crippen LogP contribution is 2.55. The summed E-state index contributed by atoms with van der Waals surface area (Å²) < 4.78 is 23.1. The fraction of sp³-hybridized carbons (Fsp3) is 0.630. The van der Waals surface area contributed by atoms with Gasteiger partial charge in [-0.15, -0.1) is 0 Å². The van der Waals surface area contributed by atoms with Crippen molar-refractivity contribution >= 4 is 11.9 Å². The van der Waals surface area contributed by atoms with E-state index >= 15 is 0 Å². The number of nitrogens with zero attached hydrogens (tertiary/aromatic N) is 1. The first-order valence-corrected chi connectivity index (χ1v) is 12.8. The second-order valence-electron chi connectivity index (χ2n) is 10.8. The van der Waals surface area contributed by atoms with Crippen molar-refractivity contribution in [3.05, 3.63) is 35.1 Å². The Morgan fingerprint density at radius 2 is 2.00 bits per heavy atom. The Hall–Kier alpha value is -2.78. The van der Waals surface area contributed by atoms with Crippen LogP contribution in [0.5, 0.6) is 11.5 Å². The molecule has 1 aliphatic carbocycles. The van der Waals surface area contributed by atoms with Gasteiger partial charge < -0.3 is 29.2 Å². The number of methoxy groups -OCH3 is 1. The van der Waals surface area contributed by atoms with E-state index in [1.165, 1.54) is 0 Å². The predicted molar refractivity (Wildman–Crippen MR) is 129 cm³/mol. The largest absolute Gasteiger partial charge is 0.497 e. The van der Waals surface area contributed by atoms with E-state index in [1.54, 1.807) is 7.11 Å². The number of aliphatic carboxylic acids is 1. The van der Waals surface area contributed by atoms with E-state index < -0.39 is 35.6 Å². The number of aliphatic hydroxyl groups is 1. The molecule has 9 nitrogen and oxygen atoms in total. The van der Waals surface area contributed by atoms with Crippen molar-refractivity contribution in [2.75, 3.05) is 27.0 Å². The highest BCUT2D eigenvalue weighted by molar-refractivity contribution is 5.85. The number of benzene rings is 1. The molecule has 1 aromatic rings. The van der Waals surface area contributed by atoms with Gasteiger partial charge in [-0.3, -0.25) is 9.69 Å². The molecule has 1 fully saturated rings. The molecule has 3 heterocycles. The first kappa shape index (κ1) is 24.9. The summed E-state index contributed by atoms with van der Waals surface area (Å²) in [5, 5.41) is 20.7. The minimum Gasteiger partial charge on any atom is -0.497 e. The molecule has 0 bridgehead atoms. The average Bonchev–Trinajstić information content (AvgIpc) is 3.51. The first-order chi connectivity index (χ1) is 17.2. The zero-order valence-electron chi connectivity index (χ0n) is 21.1. The van der Waals surface area contributed by atoms with Gasteiger partial charge in [0.2, 0.25) is 6.79 Å². The number of hydrogen-bond donors (Lipinski definition) is 2. The van der Waals surface area contributed by atoms with Crippen molar-refractivity contribution in [2.45, 2.75) is 75.5 Å². The Morgan fingerprint density at radius 1 is 1.25 bits per heavy atom. The Labute approximate surface area is 211 Å². The SMILES string of the molecule is COC1=C[C@]23CCCN2CCc2cc4c(cc2[C@@H]3[C@@H]1OC(=O)[C@@](O)(CCC(C)C)CC(=O)O)OCO4. The van der Waals surface area contributed by atoms with Crippen molar-refractivity contribution in [3.63, 3.8) is 0 Å². The topological polar surface area (TPSA) is 115 Å². The van der Waals surface area contributed by atoms with Crippen molar-refractivity contribution in [2.24, 2.45) is 5.92 Å². The molecule has 5 rings (SSSR count). The van der Waals surface area contributed by atoms with Crippen LogP contribution >= 0.6 is 0 Å². The Bertz CT molecular complexity index is 1080. The van der Waals surface area contributed by atoms with E-state index in [0.29, 0.717) is 23.7 Å². The molecule has 1 spiro atoms. The number of rotatable bonds is 8. The monoisotopic (exact) mass is 501 g/mol. The zero-order chi connectivity index (χ0) is 25.7. The van der Waals surface area contributed by atoms with E-state index in [2.05, 4.69) is 11.0 Å². The van der Waals surface area contributed by atoms with Gasteiger partial charge in [0.1, 0.15) is 5.76 Å². The molecule has 0 radical (unpaired) electrons. The smallest absolute Gasteiger partial charge is 0.339 e. The van der Waals surface area contributed by atoms with Gasteiger partial charge >= 0.3 is 11.9 Å². The highest BCUT2D eigenvalue weighted by atomic mass is 16.7. The summed E-state index contributed by atoms with van der Waals surface area (Å²) in [5.74, 6) is -0.388. The molecule has 0 aromatic heterocycles. The maximum Gasteiger partial charge on any atom is 0.339 e. The van der Waals surface area contributed by atoms with Crippen LogP contribution in [0.3, 0.4) is 0 Å². The third-order valence-corrected chi connectivity index (χ3v) is 8.16. The lowest BCUT2D eigenvalue weighted by Gasteiger charge is -2.39. The molecule has 3 aliphatic heterocycles. The number of carboxylic acid groups (broad SMARTS) is 1. The highest BCUT2D eigenvalue weighted by Gasteiger charge is 2.59. The predicted octanol–water partition coefficient (Wildman–Crippen LogP) is 2.99. The molecule has 0 amide bonds. The van der Waals surface area contributed by atoms with E-state index in [1.807, 2.05) is 26.0 Å². The van der Waals surface area contributed by atoms with E-state index in [-0.39, 0.29) is 25.0 Å². The van der Waals surface area contributed by atoms with Gasteiger partial charge in [0.05, 0.1) is 25.0 Å². The van der Waals surface area contributed by atoms with Crippen LogP contribution in [0.15, 0.2) is 24.0 Å². The molecule has 36 heavy (non-hydrogen) atoms. The van der Waals surface area contributed by atoms with Crippen molar-refractivity contribution < 1.29 is 38.7 Å². The van der Waals surface area contributed by atoms with Crippen molar-refractivity contribution in [1.82, 2.24) is 4.90 Å². The summed E-state index contributed by atoms with van der Waals surface area (Å²) in [6.45, 7) is 5.84. The molecule has 4 atom stereocenters. The molecule has 0 saturated carbocycles. The molecule has 2 N–H and O–H groups in total. The van der Waals surface area contributed by atoms with Crippen LogP contribution in [0.1, 0.15) is 63.0 Å². The van der Waals surface area contributed by atoms with Crippen LogP contribution in [-0.4, -0.2) is 71.3 Å². The van der Waals surface area contributed by atoms with Crippen LogP contribution < -0.4 is 9.47 Å². The third-order valence-electron chi connectivity index (χ3n) is 8.16. The lowest BCUT2D eigenvalue weighted by molar-refractivity contribution is -0.178.